The largest absolute Gasteiger partial charge is 0.493 e. The summed E-state index contributed by atoms with van der Waals surface area (Å²) in [6.07, 6.45) is 0.777. The molecular formula is C22H23N3O4S. The van der Waals surface area contributed by atoms with E-state index in [2.05, 4.69) is 10.1 Å². The second kappa shape index (κ2) is 8.79. The Kier molecular flexibility index (Phi) is 5.94. The van der Waals surface area contributed by atoms with Crippen LogP contribution in [0.4, 0.5) is 0 Å². The summed E-state index contributed by atoms with van der Waals surface area (Å²) >= 11 is 1.53. The summed E-state index contributed by atoms with van der Waals surface area (Å²) in [6, 6.07) is 11.6. The molecule has 2 heterocycles. The van der Waals surface area contributed by atoms with E-state index < -0.39 is 0 Å². The fraction of sp³-hybridized carbons (Fsp3) is 0.318. The van der Waals surface area contributed by atoms with Crippen LogP contribution in [0.25, 0.3) is 0 Å². The Morgan fingerprint density at radius 1 is 1.17 bits per heavy atom. The Hall–Kier alpha value is -3.00. The normalized spacial score (nSPS) is 13.1. The Morgan fingerprint density at radius 3 is 2.60 bits per heavy atom. The van der Waals surface area contributed by atoms with Crippen LogP contribution in [0.3, 0.4) is 0 Å². The van der Waals surface area contributed by atoms with Crippen LogP contribution in [-0.4, -0.2) is 41.7 Å². The van der Waals surface area contributed by atoms with Crippen molar-refractivity contribution in [3.8, 4) is 11.5 Å². The molecule has 0 aliphatic carbocycles. The molecule has 0 saturated carbocycles. The molecule has 1 aromatic heterocycles. The highest BCUT2D eigenvalue weighted by atomic mass is 32.2. The molecule has 0 fully saturated rings. The van der Waals surface area contributed by atoms with Gasteiger partial charge in [-0.05, 0) is 41.8 Å². The first kappa shape index (κ1) is 20.3. The third-order valence-electron chi connectivity index (χ3n) is 5.05. The van der Waals surface area contributed by atoms with E-state index in [0.29, 0.717) is 41.9 Å². The quantitative estimate of drug-likeness (QED) is 0.555. The summed E-state index contributed by atoms with van der Waals surface area (Å²) in [5.74, 6) is 3.11. The average Bonchev–Trinajstić information content (AvgIpc) is 3.21. The van der Waals surface area contributed by atoms with Gasteiger partial charge in [0.25, 0.3) is 5.91 Å². The van der Waals surface area contributed by atoms with Crippen LogP contribution in [0, 0.1) is 6.92 Å². The van der Waals surface area contributed by atoms with Gasteiger partial charge in [0.1, 0.15) is 0 Å². The zero-order valence-electron chi connectivity index (χ0n) is 17.2. The van der Waals surface area contributed by atoms with Gasteiger partial charge < -0.3 is 18.9 Å². The molecule has 8 heteroatoms. The molecule has 1 aliphatic rings. The number of hydrogen-bond acceptors (Lipinski definition) is 7. The minimum atomic E-state index is 0.0165. The van der Waals surface area contributed by atoms with E-state index in [1.54, 1.807) is 21.1 Å². The highest BCUT2D eigenvalue weighted by Gasteiger charge is 2.25. The number of carbonyl (C=O) groups excluding carboxylic acids is 1. The predicted octanol–water partition coefficient (Wildman–Crippen LogP) is 3.89. The first-order chi connectivity index (χ1) is 14.6. The minimum Gasteiger partial charge on any atom is -0.493 e. The van der Waals surface area contributed by atoms with Crippen molar-refractivity contribution in [1.82, 2.24) is 15.0 Å². The van der Waals surface area contributed by atoms with E-state index in [0.717, 1.165) is 22.6 Å². The number of benzene rings is 2. The van der Waals surface area contributed by atoms with Crippen molar-refractivity contribution in [2.24, 2.45) is 0 Å². The molecular weight excluding hydrogens is 402 g/mol. The van der Waals surface area contributed by atoms with Gasteiger partial charge in [0.15, 0.2) is 17.3 Å². The molecule has 30 heavy (non-hydrogen) atoms. The minimum absolute atomic E-state index is 0.0165. The number of nitrogens with zero attached hydrogens (tertiary/aromatic N) is 3. The Labute approximate surface area is 179 Å². The van der Waals surface area contributed by atoms with Crippen molar-refractivity contribution in [1.29, 1.82) is 0 Å². The zero-order valence-corrected chi connectivity index (χ0v) is 18.0. The van der Waals surface area contributed by atoms with Gasteiger partial charge in [-0.15, -0.1) is 11.8 Å². The second-order valence-electron chi connectivity index (χ2n) is 6.97. The third-order valence-corrected chi connectivity index (χ3v) is 6.12. The monoisotopic (exact) mass is 425 g/mol. The fourth-order valence-corrected chi connectivity index (χ4v) is 4.43. The van der Waals surface area contributed by atoms with Gasteiger partial charge in [-0.2, -0.15) is 4.98 Å². The molecule has 0 N–H and O–H groups in total. The molecule has 0 atom stereocenters. The molecule has 0 bridgehead atoms. The van der Waals surface area contributed by atoms with Crippen LogP contribution in [0.5, 0.6) is 11.5 Å². The summed E-state index contributed by atoms with van der Waals surface area (Å²) in [6.45, 7) is 2.96. The predicted molar refractivity (Wildman–Crippen MR) is 113 cm³/mol. The van der Waals surface area contributed by atoms with Crippen LogP contribution in [0.2, 0.25) is 0 Å². The summed E-state index contributed by atoms with van der Waals surface area (Å²) in [5, 5.41) is 3.93. The summed E-state index contributed by atoms with van der Waals surface area (Å²) in [5.41, 5.74) is 2.96. The standard InChI is InChI=1S/C22H23N3O4S/c1-14-23-21(24-29-14)13-30-20-7-5-4-6-17(20)22(26)25-9-8-15-10-18(27-2)19(28-3)11-16(15)12-25/h4-7,10-11H,8-9,12-13H2,1-3H3. The molecule has 4 rings (SSSR count). The average molecular weight is 426 g/mol. The molecule has 1 aliphatic heterocycles. The number of fused-ring (bicyclic) bond motifs is 1. The van der Waals surface area contributed by atoms with Crippen molar-refractivity contribution >= 4 is 17.7 Å². The molecule has 156 valence electrons. The van der Waals surface area contributed by atoms with E-state index in [4.69, 9.17) is 14.0 Å². The van der Waals surface area contributed by atoms with Crippen molar-refractivity contribution in [3.05, 3.63) is 64.8 Å². The van der Waals surface area contributed by atoms with Gasteiger partial charge in [0.05, 0.1) is 25.5 Å². The maximum atomic E-state index is 13.3. The highest BCUT2D eigenvalue weighted by Crippen LogP contribution is 2.34. The number of aromatic nitrogens is 2. The number of carbonyl (C=O) groups is 1. The molecule has 1 amide bonds. The molecule has 0 radical (unpaired) electrons. The number of rotatable bonds is 6. The van der Waals surface area contributed by atoms with Crippen molar-refractivity contribution in [3.63, 3.8) is 0 Å². The maximum Gasteiger partial charge on any atom is 0.255 e. The molecule has 2 aromatic carbocycles. The van der Waals surface area contributed by atoms with Crippen LogP contribution in [0.15, 0.2) is 45.8 Å². The molecule has 7 nitrogen and oxygen atoms in total. The van der Waals surface area contributed by atoms with Gasteiger partial charge in [0, 0.05) is 24.9 Å². The topological polar surface area (TPSA) is 77.7 Å². The smallest absolute Gasteiger partial charge is 0.255 e. The van der Waals surface area contributed by atoms with Crippen molar-refractivity contribution in [2.45, 2.75) is 30.5 Å². The summed E-state index contributed by atoms with van der Waals surface area (Å²) < 4.78 is 15.9. The zero-order chi connectivity index (χ0) is 21.1. The van der Waals surface area contributed by atoms with Crippen molar-refractivity contribution in [2.75, 3.05) is 20.8 Å². The lowest BCUT2D eigenvalue weighted by Crippen LogP contribution is -2.36. The SMILES string of the molecule is COc1cc2c(cc1OC)CN(C(=O)c1ccccc1SCc1noc(C)n1)CC2. The Morgan fingerprint density at radius 2 is 1.90 bits per heavy atom. The summed E-state index contributed by atoms with van der Waals surface area (Å²) in [7, 11) is 3.25. The number of ether oxygens (including phenoxy) is 2. The van der Waals surface area contributed by atoms with E-state index in [1.165, 1.54) is 17.3 Å². The Balaban J connectivity index is 1.53. The highest BCUT2D eigenvalue weighted by molar-refractivity contribution is 7.98. The lowest BCUT2D eigenvalue weighted by Gasteiger charge is -2.30. The van der Waals surface area contributed by atoms with E-state index in [1.807, 2.05) is 41.3 Å². The van der Waals surface area contributed by atoms with E-state index >= 15 is 0 Å². The van der Waals surface area contributed by atoms with E-state index in [-0.39, 0.29) is 5.91 Å². The molecule has 0 unspecified atom stereocenters. The first-order valence-electron chi connectivity index (χ1n) is 9.63. The number of hydrogen-bond donors (Lipinski definition) is 0. The molecule has 3 aromatic rings. The number of amides is 1. The fourth-order valence-electron chi connectivity index (χ4n) is 3.54. The number of aryl methyl sites for hydroxylation is 1. The Bertz CT molecular complexity index is 1070. The van der Waals surface area contributed by atoms with Gasteiger partial charge in [-0.1, -0.05) is 17.3 Å². The van der Waals surface area contributed by atoms with Gasteiger partial charge >= 0.3 is 0 Å². The van der Waals surface area contributed by atoms with Gasteiger partial charge in [0.2, 0.25) is 5.89 Å². The van der Waals surface area contributed by atoms with Crippen LogP contribution in [-0.2, 0) is 18.7 Å². The lowest BCUT2D eigenvalue weighted by atomic mass is 9.98. The third kappa shape index (κ3) is 4.14. The van der Waals surface area contributed by atoms with E-state index in [9.17, 15) is 4.79 Å². The van der Waals surface area contributed by atoms with Crippen molar-refractivity contribution < 1.29 is 18.8 Å². The first-order valence-corrected chi connectivity index (χ1v) is 10.6. The van der Waals surface area contributed by atoms with Crippen LogP contribution in [0.1, 0.15) is 33.2 Å². The maximum absolute atomic E-state index is 13.3. The lowest BCUT2D eigenvalue weighted by molar-refractivity contribution is 0.0731. The van der Waals surface area contributed by atoms with Crippen LogP contribution < -0.4 is 9.47 Å². The number of methoxy groups -OCH3 is 2. The molecule has 0 spiro atoms. The second-order valence-corrected chi connectivity index (χ2v) is 7.98. The van der Waals surface area contributed by atoms with Gasteiger partial charge in [-0.25, -0.2) is 0 Å². The molecule has 0 saturated heterocycles. The number of thioether (sulfide) groups is 1. The van der Waals surface area contributed by atoms with Gasteiger partial charge in [-0.3, -0.25) is 4.79 Å². The van der Waals surface area contributed by atoms with Crippen LogP contribution >= 0.6 is 11.8 Å². The summed E-state index contributed by atoms with van der Waals surface area (Å²) in [4.78, 5) is 20.3.